The Bertz CT molecular complexity index is 764. The molecule has 1 aromatic carbocycles. The minimum Gasteiger partial charge on any atom is -0.322 e. The number of pyridine rings is 1. The van der Waals surface area contributed by atoms with E-state index < -0.39 is 5.91 Å². The zero-order valence-electron chi connectivity index (χ0n) is 10.9. The van der Waals surface area contributed by atoms with Gasteiger partial charge in [-0.2, -0.15) is 5.26 Å². The van der Waals surface area contributed by atoms with E-state index in [0.717, 1.165) is 0 Å². The Kier molecular flexibility index (Phi) is 4.94. The van der Waals surface area contributed by atoms with E-state index in [2.05, 4.69) is 15.6 Å². The van der Waals surface area contributed by atoms with Crippen LogP contribution in [0.1, 0.15) is 15.9 Å². The molecule has 0 fully saturated rings. The molecule has 0 spiro atoms. The van der Waals surface area contributed by atoms with Gasteiger partial charge < -0.3 is 10.6 Å². The first kappa shape index (κ1) is 15.8. The maximum atomic E-state index is 12.3. The van der Waals surface area contributed by atoms with Gasteiger partial charge in [-0.3, -0.25) is 9.59 Å². The third-order valence-electron chi connectivity index (χ3n) is 2.62. The summed E-state index contributed by atoms with van der Waals surface area (Å²) in [7, 11) is 0. The molecule has 110 valence electrons. The number of rotatable bonds is 4. The van der Waals surface area contributed by atoms with Crippen LogP contribution in [0.3, 0.4) is 0 Å². The zero-order valence-corrected chi connectivity index (χ0v) is 12.4. The van der Waals surface area contributed by atoms with Gasteiger partial charge in [0, 0.05) is 18.0 Å². The van der Waals surface area contributed by atoms with Gasteiger partial charge in [-0.25, -0.2) is 4.98 Å². The highest BCUT2D eigenvalue weighted by molar-refractivity contribution is 6.40. The van der Waals surface area contributed by atoms with Crippen LogP contribution >= 0.6 is 23.2 Å². The maximum absolute atomic E-state index is 12.3. The van der Waals surface area contributed by atoms with Gasteiger partial charge in [0.05, 0.1) is 27.2 Å². The quantitative estimate of drug-likeness (QED) is 0.840. The highest BCUT2D eigenvalue weighted by Crippen LogP contribution is 2.27. The molecule has 22 heavy (non-hydrogen) atoms. The molecule has 0 aliphatic rings. The van der Waals surface area contributed by atoms with Gasteiger partial charge in [0.1, 0.15) is 5.82 Å². The lowest BCUT2D eigenvalue weighted by Gasteiger charge is -2.09. The molecular weight excluding hydrogens is 327 g/mol. The molecule has 0 aliphatic heterocycles. The van der Waals surface area contributed by atoms with E-state index in [1.54, 1.807) is 6.07 Å². The Hall–Kier alpha value is -2.62. The summed E-state index contributed by atoms with van der Waals surface area (Å²) in [5, 5.41) is 13.9. The van der Waals surface area contributed by atoms with Gasteiger partial charge in [-0.05, 0) is 18.2 Å². The molecule has 1 aromatic heterocycles. The summed E-state index contributed by atoms with van der Waals surface area (Å²) in [4.78, 5) is 26.5. The van der Waals surface area contributed by atoms with Crippen molar-refractivity contribution in [3.05, 3.63) is 51.6 Å². The minimum atomic E-state index is -0.539. The van der Waals surface area contributed by atoms with Crippen molar-refractivity contribution in [3.8, 4) is 6.07 Å². The molecule has 2 rings (SSSR count). The lowest BCUT2D eigenvalue weighted by Crippen LogP contribution is -2.13. The fraction of sp³-hybridized carbons (Fsp3) is 0. The van der Waals surface area contributed by atoms with E-state index in [1.165, 1.54) is 24.4 Å². The van der Waals surface area contributed by atoms with Crippen molar-refractivity contribution in [3.63, 3.8) is 0 Å². The van der Waals surface area contributed by atoms with Crippen molar-refractivity contribution in [2.45, 2.75) is 0 Å². The van der Waals surface area contributed by atoms with Gasteiger partial charge in [-0.1, -0.05) is 23.2 Å². The monoisotopic (exact) mass is 334 g/mol. The highest BCUT2D eigenvalue weighted by atomic mass is 35.5. The number of nitrogens with zero attached hydrogens (tertiary/aromatic N) is 2. The first-order valence-corrected chi connectivity index (χ1v) is 6.67. The standard InChI is InChI=1S/C14H8Cl2N4O2/c15-10-3-8(6-17)4-11(16)13(10)14(22)20-9-1-2-18-12(5-9)19-7-21/h1-5,7H,(H2,18,19,20,21,22). The molecular formula is C14H8Cl2N4O2. The normalized spacial score (nSPS) is 9.68. The minimum absolute atomic E-state index is 0.0593. The van der Waals surface area contributed by atoms with E-state index in [4.69, 9.17) is 28.5 Å². The van der Waals surface area contributed by atoms with Crippen LogP contribution in [-0.2, 0) is 4.79 Å². The molecule has 0 bridgehead atoms. The number of carbonyl (C=O) groups excluding carboxylic acids is 2. The van der Waals surface area contributed by atoms with E-state index in [-0.39, 0.29) is 27.0 Å². The summed E-state index contributed by atoms with van der Waals surface area (Å²) < 4.78 is 0. The van der Waals surface area contributed by atoms with Crippen molar-refractivity contribution in [2.24, 2.45) is 0 Å². The van der Waals surface area contributed by atoms with E-state index in [0.29, 0.717) is 12.1 Å². The molecule has 0 aliphatic carbocycles. The van der Waals surface area contributed by atoms with E-state index in [9.17, 15) is 9.59 Å². The predicted octanol–water partition coefficient (Wildman–Crippen LogP) is 3.08. The van der Waals surface area contributed by atoms with Crippen LogP contribution in [0.15, 0.2) is 30.5 Å². The number of nitriles is 1. The third kappa shape index (κ3) is 3.52. The second kappa shape index (κ2) is 6.89. The number of benzene rings is 1. The summed E-state index contributed by atoms with van der Waals surface area (Å²) in [6.07, 6.45) is 1.89. The van der Waals surface area contributed by atoms with Crippen molar-refractivity contribution in [2.75, 3.05) is 10.6 Å². The molecule has 2 aromatic rings. The first-order valence-electron chi connectivity index (χ1n) is 5.92. The Morgan fingerprint density at radius 3 is 2.55 bits per heavy atom. The average Bonchev–Trinajstić information content (AvgIpc) is 2.47. The lowest BCUT2D eigenvalue weighted by molar-refractivity contribution is -0.105. The maximum Gasteiger partial charge on any atom is 0.258 e. The second-order valence-electron chi connectivity index (χ2n) is 4.07. The Labute approximate surface area is 135 Å². The topological polar surface area (TPSA) is 94.9 Å². The van der Waals surface area contributed by atoms with Gasteiger partial charge in [0.15, 0.2) is 0 Å². The first-order chi connectivity index (χ1) is 10.5. The van der Waals surface area contributed by atoms with Crippen molar-refractivity contribution in [1.29, 1.82) is 5.26 Å². The Morgan fingerprint density at radius 2 is 1.95 bits per heavy atom. The second-order valence-corrected chi connectivity index (χ2v) is 4.89. The molecule has 0 atom stereocenters. The lowest BCUT2D eigenvalue weighted by atomic mass is 10.1. The molecule has 2 N–H and O–H groups in total. The predicted molar refractivity (Wildman–Crippen MR) is 83.1 cm³/mol. The smallest absolute Gasteiger partial charge is 0.258 e. The number of hydrogen-bond donors (Lipinski definition) is 2. The summed E-state index contributed by atoms with van der Waals surface area (Å²) in [6, 6.07) is 7.62. The summed E-state index contributed by atoms with van der Waals surface area (Å²) in [5.74, 6) is -0.257. The van der Waals surface area contributed by atoms with Crippen LogP contribution in [0.25, 0.3) is 0 Å². The summed E-state index contributed by atoms with van der Waals surface area (Å²) in [5.41, 5.74) is 0.720. The SMILES string of the molecule is N#Cc1cc(Cl)c(C(=O)Nc2ccnc(NC=O)c2)c(Cl)c1. The number of carbonyl (C=O) groups is 2. The molecule has 8 heteroatoms. The molecule has 0 saturated carbocycles. The highest BCUT2D eigenvalue weighted by Gasteiger charge is 2.16. The van der Waals surface area contributed by atoms with Crippen LogP contribution in [0.5, 0.6) is 0 Å². The van der Waals surface area contributed by atoms with Crippen LogP contribution < -0.4 is 10.6 Å². The molecule has 6 nitrogen and oxygen atoms in total. The molecule has 2 amide bonds. The number of amides is 2. The number of aromatic nitrogens is 1. The fourth-order valence-electron chi connectivity index (χ4n) is 1.70. The van der Waals surface area contributed by atoms with E-state index >= 15 is 0 Å². The fourth-order valence-corrected chi connectivity index (χ4v) is 2.35. The number of nitrogens with one attached hydrogen (secondary N) is 2. The van der Waals surface area contributed by atoms with Gasteiger partial charge in [0.2, 0.25) is 6.41 Å². The number of hydrogen-bond acceptors (Lipinski definition) is 4. The zero-order chi connectivity index (χ0) is 16.1. The summed E-state index contributed by atoms with van der Waals surface area (Å²) in [6.45, 7) is 0. The number of halogens is 2. The molecule has 0 radical (unpaired) electrons. The van der Waals surface area contributed by atoms with Gasteiger partial charge in [-0.15, -0.1) is 0 Å². The summed E-state index contributed by atoms with van der Waals surface area (Å²) >= 11 is 12.0. The Balaban J connectivity index is 2.28. The van der Waals surface area contributed by atoms with Crippen LogP contribution in [0, 0.1) is 11.3 Å². The Morgan fingerprint density at radius 1 is 1.27 bits per heavy atom. The van der Waals surface area contributed by atoms with E-state index in [1.807, 2.05) is 6.07 Å². The third-order valence-corrected chi connectivity index (χ3v) is 3.22. The van der Waals surface area contributed by atoms with Crippen LogP contribution in [-0.4, -0.2) is 17.3 Å². The molecule has 0 unspecified atom stereocenters. The molecule has 1 heterocycles. The van der Waals surface area contributed by atoms with Crippen molar-refractivity contribution >= 4 is 47.0 Å². The van der Waals surface area contributed by atoms with Crippen LogP contribution in [0.4, 0.5) is 11.5 Å². The van der Waals surface area contributed by atoms with Crippen LogP contribution in [0.2, 0.25) is 10.0 Å². The average molecular weight is 335 g/mol. The number of anilines is 2. The largest absolute Gasteiger partial charge is 0.322 e. The molecule has 0 saturated heterocycles. The van der Waals surface area contributed by atoms with Gasteiger partial charge >= 0.3 is 0 Å². The van der Waals surface area contributed by atoms with Crippen molar-refractivity contribution in [1.82, 2.24) is 4.98 Å². The van der Waals surface area contributed by atoms with Crippen molar-refractivity contribution < 1.29 is 9.59 Å². The van der Waals surface area contributed by atoms with Gasteiger partial charge in [0.25, 0.3) is 5.91 Å².